The predicted molar refractivity (Wildman–Crippen MR) is 86.3 cm³/mol. The molecule has 0 aromatic heterocycles. The molecule has 5 nitrogen and oxygen atoms in total. The van der Waals surface area contributed by atoms with Crippen molar-refractivity contribution in [2.24, 2.45) is 11.0 Å². The number of amides is 1. The van der Waals surface area contributed by atoms with Gasteiger partial charge in [0.1, 0.15) is 0 Å². The number of ether oxygens (including phenoxy) is 1. The largest absolute Gasteiger partial charge is 0.372 e. The zero-order chi connectivity index (χ0) is 15.5. The molecule has 2 atom stereocenters. The molecule has 0 bridgehead atoms. The number of hydrogen-bond donors (Lipinski definition) is 2. The molecule has 118 valence electrons. The maximum absolute atomic E-state index is 11.3. The molecule has 7 heteroatoms. The Morgan fingerprint density at radius 2 is 2.18 bits per heavy atom. The standard InChI is InChI=1S/C15H17Cl2N3O2/c16-12-2-1-9(6-13(12)17)15-10(8-18-3-4-22-15)5-11-7-14(21)20-19-11/h1-2,6,10,15,18H,3-5,7-8H2,(H,20,21)/t10-,15+/m1/s1. The van der Waals surface area contributed by atoms with Gasteiger partial charge in [-0.15, -0.1) is 0 Å². The van der Waals surface area contributed by atoms with Crippen molar-refractivity contribution in [2.75, 3.05) is 19.7 Å². The first kappa shape index (κ1) is 15.7. The van der Waals surface area contributed by atoms with Gasteiger partial charge < -0.3 is 10.1 Å². The lowest BCUT2D eigenvalue weighted by molar-refractivity contribution is -0.119. The topological polar surface area (TPSA) is 62.7 Å². The molecule has 0 saturated carbocycles. The van der Waals surface area contributed by atoms with Crippen LogP contribution in [0.4, 0.5) is 0 Å². The molecule has 22 heavy (non-hydrogen) atoms. The number of rotatable bonds is 3. The van der Waals surface area contributed by atoms with Crippen molar-refractivity contribution >= 4 is 34.8 Å². The van der Waals surface area contributed by atoms with Crippen molar-refractivity contribution < 1.29 is 9.53 Å². The molecular formula is C15H17Cl2N3O2. The highest BCUT2D eigenvalue weighted by Gasteiger charge is 2.29. The van der Waals surface area contributed by atoms with Crippen LogP contribution >= 0.6 is 23.2 Å². The molecule has 1 amide bonds. The van der Waals surface area contributed by atoms with Crippen molar-refractivity contribution in [1.29, 1.82) is 0 Å². The molecule has 2 aliphatic heterocycles. The van der Waals surface area contributed by atoms with Gasteiger partial charge >= 0.3 is 0 Å². The second-order valence-corrected chi connectivity index (χ2v) is 6.34. The summed E-state index contributed by atoms with van der Waals surface area (Å²) in [6.45, 7) is 2.24. The number of halogens is 2. The molecule has 1 fully saturated rings. The summed E-state index contributed by atoms with van der Waals surface area (Å²) in [7, 11) is 0. The van der Waals surface area contributed by atoms with Gasteiger partial charge in [-0.1, -0.05) is 29.3 Å². The van der Waals surface area contributed by atoms with Crippen molar-refractivity contribution in [2.45, 2.75) is 18.9 Å². The molecule has 1 aromatic rings. The Kier molecular flexibility index (Phi) is 4.98. The lowest BCUT2D eigenvalue weighted by Gasteiger charge is -2.25. The fourth-order valence-corrected chi connectivity index (χ4v) is 3.16. The van der Waals surface area contributed by atoms with Gasteiger partial charge in [0, 0.05) is 24.7 Å². The average Bonchev–Trinajstić information content (AvgIpc) is 2.76. The van der Waals surface area contributed by atoms with Gasteiger partial charge in [-0.2, -0.15) is 5.10 Å². The summed E-state index contributed by atoms with van der Waals surface area (Å²) >= 11 is 12.1. The van der Waals surface area contributed by atoms with Gasteiger partial charge in [0.05, 0.1) is 29.2 Å². The van der Waals surface area contributed by atoms with Gasteiger partial charge in [-0.3, -0.25) is 4.79 Å². The van der Waals surface area contributed by atoms with Crippen LogP contribution in [0.1, 0.15) is 24.5 Å². The molecule has 1 saturated heterocycles. The SMILES string of the molecule is O=C1CC(C[C@@H]2CNCCO[C@H]2c2ccc(Cl)c(Cl)c2)=NN1. The van der Waals surface area contributed by atoms with Crippen molar-refractivity contribution in [3.63, 3.8) is 0 Å². The maximum atomic E-state index is 11.3. The summed E-state index contributed by atoms with van der Waals surface area (Å²) < 4.78 is 6.01. The highest BCUT2D eigenvalue weighted by atomic mass is 35.5. The molecule has 1 aromatic carbocycles. The number of nitrogens with zero attached hydrogens (tertiary/aromatic N) is 1. The molecule has 2 aliphatic rings. The monoisotopic (exact) mass is 341 g/mol. The Morgan fingerprint density at radius 3 is 2.91 bits per heavy atom. The van der Waals surface area contributed by atoms with Crippen LogP contribution in [0.2, 0.25) is 10.0 Å². The normalized spacial score (nSPS) is 25.5. The van der Waals surface area contributed by atoms with Gasteiger partial charge in [-0.25, -0.2) is 5.43 Å². The predicted octanol–water partition coefficient (Wildman–Crippen LogP) is 2.54. The van der Waals surface area contributed by atoms with E-state index in [-0.39, 0.29) is 17.9 Å². The third kappa shape index (κ3) is 3.60. The lowest BCUT2D eigenvalue weighted by atomic mass is 9.90. The number of hydrazone groups is 1. The summed E-state index contributed by atoms with van der Waals surface area (Å²) in [6, 6.07) is 5.58. The smallest absolute Gasteiger partial charge is 0.245 e. The summed E-state index contributed by atoms with van der Waals surface area (Å²) in [5, 5.41) is 8.50. The van der Waals surface area contributed by atoms with Crippen LogP contribution in [0.3, 0.4) is 0 Å². The van der Waals surface area contributed by atoms with Crippen LogP contribution in [0.25, 0.3) is 0 Å². The van der Waals surface area contributed by atoms with Crippen LogP contribution in [-0.2, 0) is 9.53 Å². The summed E-state index contributed by atoms with van der Waals surface area (Å²) in [5.74, 6) is 0.134. The van der Waals surface area contributed by atoms with Crippen molar-refractivity contribution in [3.8, 4) is 0 Å². The Balaban J connectivity index is 1.81. The van der Waals surface area contributed by atoms with Gasteiger partial charge in [0.25, 0.3) is 0 Å². The first-order chi connectivity index (χ1) is 10.6. The maximum Gasteiger partial charge on any atom is 0.245 e. The molecule has 2 N–H and O–H groups in total. The zero-order valence-corrected chi connectivity index (χ0v) is 13.5. The average molecular weight is 342 g/mol. The molecule has 3 rings (SSSR count). The van der Waals surface area contributed by atoms with E-state index >= 15 is 0 Å². The number of carbonyl (C=O) groups excluding carboxylic acids is 1. The highest BCUT2D eigenvalue weighted by Crippen LogP contribution is 2.34. The van der Waals surface area contributed by atoms with E-state index in [1.807, 2.05) is 12.1 Å². The van der Waals surface area contributed by atoms with Crippen molar-refractivity contribution in [3.05, 3.63) is 33.8 Å². The Morgan fingerprint density at radius 1 is 1.32 bits per heavy atom. The summed E-state index contributed by atoms with van der Waals surface area (Å²) in [5.41, 5.74) is 4.36. The second-order valence-electron chi connectivity index (χ2n) is 5.52. The van der Waals surface area contributed by atoms with Crippen LogP contribution in [0.15, 0.2) is 23.3 Å². The molecule has 0 aliphatic carbocycles. The van der Waals surface area contributed by atoms with Gasteiger partial charge in [0.15, 0.2) is 0 Å². The minimum atomic E-state index is -0.0943. The van der Waals surface area contributed by atoms with Gasteiger partial charge in [-0.05, 0) is 24.1 Å². The minimum absolute atomic E-state index is 0.0522. The molecular weight excluding hydrogens is 325 g/mol. The van der Waals surface area contributed by atoms with E-state index in [2.05, 4.69) is 15.8 Å². The fraction of sp³-hybridized carbons (Fsp3) is 0.467. The van der Waals surface area contributed by atoms with Gasteiger partial charge in [0.2, 0.25) is 5.91 Å². The van der Waals surface area contributed by atoms with E-state index in [9.17, 15) is 4.79 Å². The van der Waals surface area contributed by atoms with Crippen LogP contribution in [0.5, 0.6) is 0 Å². The van der Waals surface area contributed by atoms with E-state index in [1.165, 1.54) is 0 Å². The number of benzene rings is 1. The number of hydrogen-bond acceptors (Lipinski definition) is 4. The second kappa shape index (κ2) is 6.96. The minimum Gasteiger partial charge on any atom is -0.372 e. The van der Waals surface area contributed by atoms with E-state index in [1.54, 1.807) is 6.07 Å². The third-order valence-corrected chi connectivity index (χ3v) is 4.62. The Labute approximate surface area is 139 Å². The van der Waals surface area contributed by atoms with Crippen LogP contribution < -0.4 is 10.7 Å². The molecule has 0 radical (unpaired) electrons. The van der Waals surface area contributed by atoms with E-state index in [0.29, 0.717) is 29.5 Å². The quantitative estimate of drug-likeness (QED) is 0.887. The summed E-state index contributed by atoms with van der Waals surface area (Å²) in [6.07, 6.45) is 0.976. The van der Waals surface area contributed by atoms with Crippen LogP contribution in [0, 0.1) is 5.92 Å². The van der Waals surface area contributed by atoms with E-state index in [4.69, 9.17) is 27.9 Å². The first-order valence-corrected chi connectivity index (χ1v) is 8.00. The number of nitrogens with one attached hydrogen (secondary N) is 2. The lowest BCUT2D eigenvalue weighted by Crippen LogP contribution is -2.26. The van der Waals surface area contributed by atoms with Crippen LogP contribution in [-0.4, -0.2) is 31.3 Å². The third-order valence-electron chi connectivity index (χ3n) is 3.88. The molecule has 0 spiro atoms. The Bertz CT molecular complexity index is 606. The highest BCUT2D eigenvalue weighted by molar-refractivity contribution is 6.42. The first-order valence-electron chi connectivity index (χ1n) is 7.25. The molecule has 0 unspecified atom stereocenters. The summed E-state index contributed by atoms with van der Waals surface area (Å²) in [4.78, 5) is 11.3. The zero-order valence-electron chi connectivity index (χ0n) is 11.9. The molecule has 2 heterocycles. The van der Waals surface area contributed by atoms with Crippen molar-refractivity contribution in [1.82, 2.24) is 10.7 Å². The Hall–Kier alpha value is -1.14. The number of carbonyl (C=O) groups is 1. The fourth-order valence-electron chi connectivity index (χ4n) is 2.85. The van der Waals surface area contributed by atoms with E-state index in [0.717, 1.165) is 24.4 Å². The van der Waals surface area contributed by atoms with E-state index < -0.39 is 0 Å².